The van der Waals surface area contributed by atoms with Crippen LogP contribution in [-0.2, 0) is 11.8 Å². The minimum Gasteiger partial charge on any atom is -0.497 e. The normalized spacial score (nSPS) is 13.6. The molecule has 10 heteroatoms. The number of rotatable bonds is 9. The van der Waals surface area contributed by atoms with Gasteiger partial charge >= 0.3 is 0 Å². The van der Waals surface area contributed by atoms with E-state index in [0.717, 1.165) is 48.0 Å². The summed E-state index contributed by atoms with van der Waals surface area (Å²) in [6.07, 6.45) is 5.42. The lowest BCUT2D eigenvalue weighted by Crippen LogP contribution is -2.48. The lowest BCUT2D eigenvalue weighted by atomic mass is 10.2. The zero-order valence-corrected chi connectivity index (χ0v) is 19.4. The molecule has 1 fully saturated rings. The number of nitrogens with one attached hydrogen (secondary N) is 1. The van der Waals surface area contributed by atoms with E-state index in [0.29, 0.717) is 29.7 Å². The number of anilines is 2. The van der Waals surface area contributed by atoms with Gasteiger partial charge in [-0.2, -0.15) is 5.10 Å². The Labute approximate surface area is 197 Å². The highest BCUT2D eigenvalue weighted by molar-refractivity contribution is 5.77. The SMILES string of the molecule is COc1cc(OC)cc(N(CCNC2COC2)c2ccc3ncc(-c4cnn(C)c4)nc3n2)c1. The van der Waals surface area contributed by atoms with Crippen molar-refractivity contribution in [3.05, 3.63) is 48.9 Å². The second kappa shape index (κ2) is 9.62. The van der Waals surface area contributed by atoms with Crippen LogP contribution in [0.1, 0.15) is 0 Å². The molecule has 0 unspecified atom stereocenters. The van der Waals surface area contributed by atoms with E-state index in [9.17, 15) is 0 Å². The maximum atomic E-state index is 5.50. The first-order valence-corrected chi connectivity index (χ1v) is 11.1. The molecule has 176 valence electrons. The van der Waals surface area contributed by atoms with Gasteiger partial charge in [-0.15, -0.1) is 0 Å². The summed E-state index contributed by atoms with van der Waals surface area (Å²) in [5, 5.41) is 7.75. The Balaban J connectivity index is 1.51. The molecular weight excluding hydrogens is 434 g/mol. The van der Waals surface area contributed by atoms with E-state index < -0.39 is 0 Å². The van der Waals surface area contributed by atoms with E-state index in [1.54, 1.807) is 31.3 Å². The summed E-state index contributed by atoms with van der Waals surface area (Å²) in [7, 11) is 5.16. The highest BCUT2D eigenvalue weighted by Gasteiger charge is 2.19. The van der Waals surface area contributed by atoms with Gasteiger partial charge in [0.2, 0.25) is 0 Å². The number of methoxy groups -OCH3 is 2. The van der Waals surface area contributed by atoms with Crippen LogP contribution in [0.15, 0.2) is 48.9 Å². The fourth-order valence-electron chi connectivity index (χ4n) is 3.79. The number of nitrogens with zero attached hydrogens (tertiary/aromatic N) is 6. The van der Waals surface area contributed by atoms with Gasteiger partial charge in [0.05, 0.1) is 51.6 Å². The highest BCUT2D eigenvalue weighted by Crippen LogP contribution is 2.32. The first-order valence-electron chi connectivity index (χ1n) is 11.1. The average molecular weight is 462 g/mol. The van der Waals surface area contributed by atoms with Gasteiger partial charge < -0.3 is 24.4 Å². The standard InChI is InChI=1S/C24H27N7O3/c1-30-13-16(11-27-30)22-12-26-21-4-5-23(29-24(21)28-22)31(7-6-25-17-14-34-15-17)18-8-19(32-2)10-20(9-18)33-3/h4-5,8-13,17,25H,6-7,14-15H2,1-3H3. The molecule has 3 aromatic heterocycles. The zero-order chi connectivity index (χ0) is 23.5. The van der Waals surface area contributed by atoms with Gasteiger partial charge in [-0.25, -0.2) is 9.97 Å². The van der Waals surface area contributed by atoms with Crippen LogP contribution in [0.5, 0.6) is 11.5 Å². The second-order valence-corrected chi connectivity index (χ2v) is 8.08. The molecule has 0 aliphatic carbocycles. The molecular formula is C24H27N7O3. The molecule has 1 aliphatic heterocycles. The van der Waals surface area contributed by atoms with Gasteiger partial charge in [-0.1, -0.05) is 0 Å². The summed E-state index contributed by atoms with van der Waals surface area (Å²) in [6, 6.07) is 10.1. The Hall–Kier alpha value is -3.76. The Morgan fingerprint density at radius 2 is 1.88 bits per heavy atom. The lowest BCUT2D eigenvalue weighted by Gasteiger charge is -2.30. The third kappa shape index (κ3) is 4.63. The fourth-order valence-corrected chi connectivity index (χ4v) is 3.79. The van der Waals surface area contributed by atoms with Crippen molar-refractivity contribution in [2.75, 3.05) is 45.4 Å². The molecule has 0 radical (unpaired) electrons. The van der Waals surface area contributed by atoms with E-state index in [1.807, 2.05) is 43.6 Å². The quantitative estimate of drug-likeness (QED) is 0.403. The number of ether oxygens (including phenoxy) is 3. The van der Waals surface area contributed by atoms with Gasteiger partial charge in [-0.3, -0.25) is 9.67 Å². The Morgan fingerprint density at radius 3 is 2.53 bits per heavy atom. The molecule has 1 aromatic carbocycles. The predicted octanol–water partition coefficient (Wildman–Crippen LogP) is 2.57. The maximum Gasteiger partial charge on any atom is 0.180 e. The average Bonchev–Trinajstić information content (AvgIpc) is 3.28. The van der Waals surface area contributed by atoms with Crippen molar-refractivity contribution in [1.29, 1.82) is 0 Å². The van der Waals surface area contributed by atoms with Crippen molar-refractivity contribution < 1.29 is 14.2 Å². The first kappa shape index (κ1) is 22.1. The van der Waals surface area contributed by atoms with Crippen molar-refractivity contribution in [3.8, 4) is 22.8 Å². The van der Waals surface area contributed by atoms with Crippen LogP contribution >= 0.6 is 0 Å². The number of fused-ring (bicyclic) bond motifs is 1. The summed E-state index contributed by atoms with van der Waals surface area (Å²) in [4.78, 5) is 16.3. The summed E-state index contributed by atoms with van der Waals surface area (Å²) in [5.74, 6) is 2.17. The lowest BCUT2D eigenvalue weighted by molar-refractivity contribution is -0.00443. The number of benzene rings is 1. The number of pyridine rings is 1. The van der Waals surface area contributed by atoms with Crippen LogP contribution in [0.3, 0.4) is 0 Å². The Bertz CT molecular complexity index is 1270. The van der Waals surface area contributed by atoms with E-state index in [1.165, 1.54) is 0 Å². The zero-order valence-electron chi connectivity index (χ0n) is 19.4. The predicted molar refractivity (Wildman–Crippen MR) is 129 cm³/mol. The first-order chi connectivity index (χ1) is 16.6. The van der Waals surface area contributed by atoms with Gasteiger partial charge in [0.25, 0.3) is 0 Å². The monoisotopic (exact) mass is 461 g/mol. The van der Waals surface area contributed by atoms with E-state index in [4.69, 9.17) is 24.2 Å². The molecule has 0 amide bonds. The van der Waals surface area contributed by atoms with Crippen molar-refractivity contribution >= 4 is 22.7 Å². The number of hydrogen-bond donors (Lipinski definition) is 1. The Kier molecular flexibility index (Phi) is 6.24. The molecule has 0 saturated carbocycles. The van der Waals surface area contributed by atoms with E-state index >= 15 is 0 Å². The van der Waals surface area contributed by atoms with Crippen molar-refractivity contribution in [2.24, 2.45) is 7.05 Å². The number of aromatic nitrogens is 5. The smallest absolute Gasteiger partial charge is 0.180 e. The largest absolute Gasteiger partial charge is 0.497 e. The molecule has 1 saturated heterocycles. The summed E-state index contributed by atoms with van der Waals surface area (Å²) >= 11 is 0. The van der Waals surface area contributed by atoms with Crippen LogP contribution in [-0.4, -0.2) is 71.3 Å². The molecule has 1 N–H and O–H groups in total. The number of aryl methyl sites for hydroxylation is 1. The van der Waals surface area contributed by atoms with Gasteiger partial charge in [-0.05, 0) is 12.1 Å². The van der Waals surface area contributed by atoms with Crippen molar-refractivity contribution in [2.45, 2.75) is 6.04 Å². The van der Waals surface area contributed by atoms with Gasteiger partial charge in [0.1, 0.15) is 22.8 Å². The molecule has 10 nitrogen and oxygen atoms in total. The van der Waals surface area contributed by atoms with Crippen LogP contribution in [0, 0.1) is 0 Å². The summed E-state index contributed by atoms with van der Waals surface area (Å²) < 4.78 is 18.0. The minimum atomic E-state index is 0.388. The molecule has 0 bridgehead atoms. The maximum absolute atomic E-state index is 5.50. The molecule has 5 rings (SSSR count). The minimum absolute atomic E-state index is 0.388. The van der Waals surface area contributed by atoms with Gasteiger partial charge in [0, 0.05) is 55.8 Å². The van der Waals surface area contributed by atoms with E-state index in [2.05, 4.69) is 20.3 Å². The topological polar surface area (TPSA) is 99.5 Å². The Morgan fingerprint density at radius 1 is 1.09 bits per heavy atom. The van der Waals surface area contributed by atoms with Crippen LogP contribution in [0.4, 0.5) is 11.5 Å². The molecule has 4 heterocycles. The number of hydrogen-bond acceptors (Lipinski definition) is 9. The summed E-state index contributed by atoms with van der Waals surface area (Å²) in [5.41, 5.74) is 3.83. The van der Waals surface area contributed by atoms with Crippen molar-refractivity contribution in [3.63, 3.8) is 0 Å². The second-order valence-electron chi connectivity index (χ2n) is 8.08. The molecule has 1 aliphatic rings. The molecule has 34 heavy (non-hydrogen) atoms. The van der Waals surface area contributed by atoms with Crippen LogP contribution in [0.25, 0.3) is 22.4 Å². The van der Waals surface area contributed by atoms with Crippen molar-refractivity contribution in [1.82, 2.24) is 30.0 Å². The fraction of sp³-hybridized carbons (Fsp3) is 0.333. The van der Waals surface area contributed by atoms with E-state index in [-0.39, 0.29) is 0 Å². The molecule has 4 aromatic rings. The highest BCUT2D eigenvalue weighted by atomic mass is 16.5. The molecule has 0 atom stereocenters. The van der Waals surface area contributed by atoms with Crippen LogP contribution in [0.2, 0.25) is 0 Å². The molecule has 0 spiro atoms. The third-order valence-corrected chi connectivity index (χ3v) is 5.72. The summed E-state index contributed by atoms with van der Waals surface area (Å²) in [6.45, 7) is 2.93. The van der Waals surface area contributed by atoms with Gasteiger partial charge in [0.15, 0.2) is 5.65 Å². The third-order valence-electron chi connectivity index (χ3n) is 5.72. The van der Waals surface area contributed by atoms with Crippen LogP contribution < -0.4 is 19.7 Å².